The molecular formula is C23H26F3NO4S. The van der Waals surface area contributed by atoms with Crippen LogP contribution >= 0.6 is 0 Å². The van der Waals surface area contributed by atoms with Gasteiger partial charge in [0.25, 0.3) is 0 Å². The Morgan fingerprint density at radius 1 is 1.00 bits per heavy atom. The Bertz CT molecular complexity index is 1070. The summed E-state index contributed by atoms with van der Waals surface area (Å²) in [5.74, 6) is 0. The molecule has 2 atom stereocenters. The highest BCUT2D eigenvalue weighted by Crippen LogP contribution is 2.41. The van der Waals surface area contributed by atoms with Crippen LogP contribution < -0.4 is 0 Å². The van der Waals surface area contributed by atoms with Crippen molar-refractivity contribution >= 4 is 9.84 Å². The van der Waals surface area contributed by atoms with Crippen LogP contribution in [0.15, 0.2) is 41.4 Å². The van der Waals surface area contributed by atoms with Gasteiger partial charge < -0.3 is 9.47 Å². The molecule has 0 bridgehead atoms. The minimum absolute atomic E-state index is 0.0176. The van der Waals surface area contributed by atoms with Crippen LogP contribution in [-0.4, -0.2) is 44.1 Å². The molecule has 1 saturated heterocycles. The zero-order valence-electron chi connectivity index (χ0n) is 17.8. The van der Waals surface area contributed by atoms with Crippen molar-refractivity contribution in [2.24, 2.45) is 0 Å². The van der Waals surface area contributed by atoms with Crippen molar-refractivity contribution in [3.63, 3.8) is 0 Å². The quantitative estimate of drug-likeness (QED) is 0.619. The van der Waals surface area contributed by atoms with Crippen molar-refractivity contribution < 1.29 is 31.1 Å². The molecule has 5 nitrogen and oxygen atoms in total. The number of halogens is 3. The third kappa shape index (κ3) is 5.00. The summed E-state index contributed by atoms with van der Waals surface area (Å²) in [6, 6.07) is 6.72. The lowest BCUT2D eigenvalue weighted by atomic mass is 10.0. The van der Waals surface area contributed by atoms with E-state index in [1.807, 2.05) is 0 Å². The summed E-state index contributed by atoms with van der Waals surface area (Å²) in [7, 11) is -4.17. The van der Waals surface area contributed by atoms with Gasteiger partial charge in [-0.3, -0.25) is 4.98 Å². The highest BCUT2D eigenvalue weighted by Gasteiger charge is 2.43. The van der Waals surface area contributed by atoms with Crippen molar-refractivity contribution in [1.29, 1.82) is 0 Å². The zero-order chi connectivity index (χ0) is 22.9. The van der Waals surface area contributed by atoms with Gasteiger partial charge >= 0.3 is 6.18 Å². The third-order valence-corrected chi connectivity index (χ3v) is 8.42. The van der Waals surface area contributed by atoms with Gasteiger partial charge in [0.1, 0.15) is 0 Å². The van der Waals surface area contributed by atoms with Crippen molar-refractivity contribution in [3.8, 4) is 11.1 Å². The Hall–Kier alpha value is -1.97. The molecule has 2 aromatic rings. The molecule has 1 aromatic heterocycles. The molecule has 0 N–H and O–H groups in total. The summed E-state index contributed by atoms with van der Waals surface area (Å²) in [4.78, 5) is 3.40. The van der Waals surface area contributed by atoms with Crippen LogP contribution in [0.2, 0.25) is 0 Å². The molecule has 1 aromatic carbocycles. The predicted octanol–water partition coefficient (Wildman–Crippen LogP) is 4.97. The summed E-state index contributed by atoms with van der Waals surface area (Å²) in [5.41, 5.74) is 0.388. The van der Waals surface area contributed by atoms with E-state index in [1.165, 1.54) is 12.3 Å². The highest BCUT2D eigenvalue weighted by atomic mass is 32.2. The van der Waals surface area contributed by atoms with E-state index >= 15 is 0 Å². The van der Waals surface area contributed by atoms with E-state index in [0.29, 0.717) is 42.9 Å². The normalized spacial score (nSPS) is 22.9. The number of nitrogens with zero attached hydrogens (tertiary/aromatic N) is 1. The zero-order valence-corrected chi connectivity index (χ0v) is 18.6. The van der Waals surface area contributed by atoms with Gasteiger partial charge in [-0.05, 0) is 74.4 Å². The third-order valence-electron chi connectivity index (χ3n) is 6.15. The van der Waals surface area contributed by atoms with Crippen molar-refractivity contribution in [1.82, 2.24) is 4.98 Å². The molecule has 2 heterocycles. The standard InChI is InChI=1S/C23H26F3NO4S/c1-15-12-17(6-9-27-15)16-2-5-22(21(13-16)23(24,25)26)32(28,29)20-4-3-19(14-20)31-18-7-10-30-11-8-18/h2,5-6,9,12-13,18-20H,3-4,7-8,10-11,14H2,1H3/t19-,20-/m0/s1. The topological polar surface area (TPSA) is 65.5 Å². The number of pyridine rings is 1. The summed E-state index contributed by atoms with van der Waals surface area (Å²) in [6.45, 7) is 2.96. The first kappa shape index (κ1) is 23.2. The summed E-state index contributed by atoms with van der Waals surface area (Å²) in [5, 5.41) is -0.887. The molecule has 4 rings (SSSR count). The smallest absolute Gasteiger partial charge is 0.381 e. The Labute approximate surface area is 185 Å². The lowest BCUT2D eigenvalue weighted by molar-refractivity contribution is -0.139. The van der Waals surface area contributed by atoms with Crippen LogP contribution in [-0.2, 0) is 25.5 Å². The lowest BCUT2D eigenvalue weighted by Crippen LogP contribution is -2.28. The number of hydrogen-bond acceptors (Lipinski definition) is 5. The monoisotopic (exact) mass is 469 g/mol. The van der Waals surface area contributed by atoms with Crippen LogP contribution in [0.25, 0.3) is 11.1 Å². The number of rotatable bonds is 5. The molecular weight excluding hydrogens is 443 g/mol. The second-order valence-corrected chi connectivity index (χ2v) is 10.6. The lowest BCUT2D eigenvalue weighted by Gasteiger charge is -2.26. The van der Waals surface area contributed by atoms with Crippen LogP contribution in [0, 0.1) is 6.92 Å². The first-order chi connectivity index (χ1) is 15.1. The molecule has 0 unspecified atom stereocenters. The molecule has 0 radical (unpaired) electrons. The molecule has 0 spiro atoms. The van der Waals surface area contributed by atoms with Gasteiger partial charge in [0.2, 0.25) is 0 Å². The summed E-state index contributed by atoms with van der Waals surface area (Å²) >= 11 is 0. The predicted molar refractivity (Wildman–Crippen MR) is 113 cm³/mol. The fraction of sp³-hybridized carbons (Fsp3) is 0.522. The van der Waals surface area contributed by atoms with Gasteiger partial charge in [-0.1, -0.05) is 6.07 Å². The number of aromatic nitrogens is 1. The average molecular weight is 470 g/mol. The van der Waals surface area contributed by atoms with Gasteiger partial charge in [-0.15, -0.1) is 0 Å². The number of alkyl halides is 3. The first-order valence-electron chi connectivity index (χ1n) is 10.8. The van der Waals surface area contributed by atoms with Crippen LogP contribution in [0.5, 0.6) is 0 Å². The Balaban J connectivity index is 1.60. The Kier molecular flexibility index (Phi) is 6.61. The van der Waals surface area contributed by atoms with E-state index in [9.17, 15) is 21.6 Å². The molecule has 0 amide bonds. The average Bonchev–Trinajstić information content (AvgIpc) is 3.23. The molecule has 1 aliphatic heterocycles. The molecule has 1 aliphatic carbocycles. The second kappa shape index (κ2) is 9.11. The number of sulfone groups is 1. The maximum atomic E-state index is 13.9. The fourth-order valence-corrected chi connectivity index (χ4v) is 6.49. The van der Waals surface area contributed by atoms with E-state index in [0.717, 1.165) is 25.0 Å². The van der Waals surface area contributed by atoms with E-state index in [1.54, 1.807) is 19.1 Å². The van der Waals surface area contributed by atoms with Crippen molar-refractivity contribution in [2.45, 2.75) is 67.6 Å². The number of benzene rings is 1. The minimum atomic E-state index is -4.79. The summed E-state index contributed by atoms with van der Waals surface area (Å²) < 4.78 is 79.6. The van der Waals surface area contributed by atoms with E-state index in [-0.39, 0.29) is 18.6 Å². The fourth-order valence-electron chi connectivity index (χ4n) is 4.47. The molecule has 2 aliphatic rings. The van der Waals surface area contributed by atoms with Crippen molar-refractivity contribution in [3.05, 3.63) is 47.8 Å². The number of ether oxygens (including phenoxy) is 2. The van der Waals surface area contributed by atoms with E-state index in [2.05, 4.69) is 4.98 Å². The van der Waals surface area contributed by atoms with Gasteiger partial charge in [0, 0.05) is 25.1 Å². The molecule has 9 heteroatoms. The molecule has 32 heavy (non-hydrogen) atoms. The maximum Gasteiger partial charge on any atom is 0.417 e. The first-order valence-corrected chi connectivity index (χ1v) is 12.3. The summed E-state index contributed by atoms with van der Waals surface area (Å²) in [6.07, 6.45) is -0.991. The van der Waals surface area contributed by atoms with Crippen molar-refractivity contribution in [2.75, 3.05) is 13.2 Å². The Morgan fingerprint density at radius 2 is 1.72 bits per heavy atom. The van der Waals surface area contributed by atoms with Gasteiger partial charge in [0.05, 0.1) is 27.9 Å². The molecule has 1 saturated carbocycles. The van der Waals surface area contributed by atoms with Crippen LogP contribution in [0.4, 0.5) is 13.2 Å². The van der Waals surface area contributed by atoms with E-state index in [4.69, 9.17) is 9.47 Å². The molecule has 174 valence electrons. The Morgan fingerprint density at radius 3 is 2.41 bits per heavy atom. The minimum Gasteiger partial charge on any atom is -0.381 e. The number of hydrogen-bond donors (Lipinski definition) is 0. The largest absolute Gasteiger partial charge is 0.417 e. The number of aryl methyl sites for hydroxylation is 1. The molecule has 2 fully saturated rings. The van der Waals surface area contributed by atoms with Crippen LogP contribution in [0.3, 0.4) is 0 Å². The van der Waals surface area contributed by atoms with Gasteiger partial charge in [-0.25, -0.2) is 8.42 Å². The van der Waals surface area contributed by atoms with Gasteiger partial charge in [0.15, 0.2) is 9.84 Å². The SMILES string of the molecule is Cc1cc(-c2ccc(S(=O)(=O)[C@H]3CC[C@H](OC4CCOCC4)C3)c(C(F)(F)F)c2)ccn1. The van der Waals surface area contributed by atoms with Gasteiger partial charge in [-0.2, -0.15) is 13.2 Å². The maximum absolute atomic E-state index is 13.9. The van der Waals surface area contributed by atoms with E-state index < -0.39 is 31.7 Å². The second-order valence-electron chi connectivity index (χ2n) is 8.44. The van der Waals surface area contributed by atoms with Crippen LogP contribution in [0.1, 0.15) is 43.4 Å². The highest BCUT2D eigenvalue weighted by molar-refractivity contribution is 7.92.